The molecule has 5 heterocycles. The van der Waals surface area contributed by atoms with Crippen LogP contribution in [-0.2, 0) is 0 Å². The van der Waals surface area contributed by atoms with E-state index >= 15 is 0 Å². The molecule has 0 bridgehead atoms. The lowest BCUT2D eigenvalue weighted by molar-refractivity contribution is 0.415. The van der Waals surface area contributed by atoms with E-state index in [-0.39, 0.29) is 0 Å². The first kappa shape index (κ1) is 83.3. The lowest BCUT2D eigenvalue weighted by atomic mass is 9.89. The average molecular weight is 1830 g/mol. The molecule has 0 saturated carbocycles. The van der Waals surface area contributed by atoms with E-state index in [9.17, 15) is 0 Å². The van der Waals surface area contributed by atoms with Crippen molar-refractivity contribution in [3.05, 3.63) is 467 Å². The van der Waals surface area contributed by atoms with Crippen LogP contribution in [0.5, 0.6) is 11.5 Å². The molecule has 0 N–H and O–H groups in total. The normalized spacial score (nSPS) is 11.7. The Hall–Kier alpha value is -19.1. The fourth-order valence-electron chi connectivity index (χ4n) is 21.9. The first-order valence-electron chi connectivity index (χ1n) is 48.2. The van der Waals surface area contributed by atoms with Crippen molar-refractivity contribution in [3.8, 4) is 108 Å². The van der Waals surface area contributed by atoms with E-state index in [0.717, 1.165) is 93.7 Å². The lowest BCUT2D eigenvalue weighted by Gasteiger charge is -2.15. The molecule has 0 radical (unpaired) electrons. The SMILES string of the molecule is COc1ccc(-c2nc(-c3ccc4cc(OC)ccc4c3)nc(-c3ccc4c5ccccc5c5ccccc5c4c3)n2)cc1.c1cc(-c2cc(-c3ccc4c5ccccc5c5ccccc5c4c3)cc(-c3cccc4ncccc34)c2)c2cccnc2c1.c1ccc2c(c1)c1ccccc1c1cc(-c3nc(-c4ccc5c6ccccc6c6ccccc6c5c4)nc(-n4c5ccccc5c5ccccc54)n3)ccc21. The van der Waals surface area contributed by atoms with Crippen molar-refractivity contribution in [2.75, 3.05) is 14.2 Å². The minimum atomic E-state index is 0.587. The van der Waals surface area contributed by atoms with Crippen LogP contribution in [0.3, 0.4) is 0 Å². The van der Waals surface area contributed by atoms with Crippen LogP contribution < -0.4 is 9.47 Å². The van der Waals surface area contributed by atoms with Gasteiger partial charge in [0.2, 0.25) is 5.95 Å². The molecule has 0 amide bonds. The van der Waals surface area contributed by atoms with Gasteiger partial charge >= 0.3 is 0 Å². The van der Waals surface area contributed by atoms with Gasteiger partial charge in [0.05, 0.1) is 36.3 Å². The third kappa shape index (κ3) is 14.4. The number of hydrogen-bond acceptors (Lipinski definition) is 10. The van der Waals surface area contributed by atoms with Gasteiger partial charge in [-0.1, -0.05) is 334 Å². The summed E-state index contributed by atoms with van der Waals surface area (Å²) in [5, 5.41) is 36.4. The Labute approximate surface area is 821 Å². The van der Waals surface area contributed by atoms with Crippen molar-refractivity contribution in [1.82, 2.24) is 44.4 Å². The fourth-order valence-corrected chi connectivity index (χ4v) is 21.9. The van der Waals surface area contributed by atoms with Gasteiger partial charge in [0.15, 0.2) is 29.1 Å². The molecule has 0 aliphatic carbocycles. The summed E-state index contributed by atoms with van der Waals surface area (Å²) < 4.78 is 13.0. The van der Waals surface area contributed by atoms with Gasteiger partial charge in [0, 0.05) is 61.8 Å². The molecular weight excluding hydrogens is 1740 g/mol. The van der Waals surface area contributed by atoms with Crippen LogP contribution in [0.4, 0.5) is 0 Å². The van der Waals surface area contributed by atoms with Crippen molar-refractivity contribution in [1.29, 1.82) is 0 Å². The fraction of sp³-hybridized carbons (Fsp3) is 0.0152. The average Bonchev–Trinajstić information content (AvgIpc) is 1.61. The van der Waals surface area contributed by atoms with E-state index in [1.165, 1.54) is 163 Å². The molecule has 0 atom stereocenters. The van der Waals surface area contributed by atoms with Gasteiger partial charge in [0.1, 0.15) is 11.5 Å². The summed E-state index contributed by atoms with van der Waals surface area (Å²) >= 11 is 0. The Morgan fingerprint density at radius 1 is 0.168 bits per heavy atom. The number of para-hydroxylation sites is 2. The molecule has 0 unspecified atom stereocenters. The van der Waals surface area contributed by atoms with Gasteiger partial charge in [-0.15, -0.1) is 0 Å². The molecule has 668 valence electrons. The number of methoxy groups -OCH3 is 2. The molecule has 24 aromatic carbocycles. The summed E-state index contributed by atoms with van der Waals surface area (Å²) in [7, 11) is 3.34. The number of fused-ring (bicyclic) bond motifs is 30. The van der Waals surface area contributed by atoms with Gasteiger partial charge < -0.3 is 9.47 Å². The van der Waals surface area contributed by atoms with Crippen molar-refractivity contribution < 1.29 is 9.47 Å². The highest BCUT2D eigenvalue weighted by Gasteiger charge is 2.24. The molecule has 11 heteroatoms. The zero-order chi connectivity index (χ0) is 94.7. The number of aromatic nitrogens is 9. The monoisotopic (exact) mass is 1830 g/mol. The zero-order valence-corrected chi connectivity index (χ0v) is 77.8. The molecule has 0 aliphatic heterocycles. The number of ether oxygens (including phenoxy) is 2. The molecule has 0 fully saturated rings. The Balaban J connectivity index is 0.000000108. The van der Waals surface area contributed by atoms with Crippen LogP contribution in [0.1, 0.15) is 0 Å². The maximum absolute atomic E-state index is 5.42. The van der Waals surface area contributed by atoms with Crippen LogP contribution >= 0.6 is 0 Å². The van der Waals surface area contributed by atoms with E-state index in [0.29, 0.717) is 35.1 Å². The second-order valence-electron chi connectivity index (χ2n) is 36.6. The first-order chi connectivity index (χ1) is 70.8. The first-order valence-corrected chi connectivity index (χ1v) is 48.2. The van der Waals surface area contributed by atoms with Crippen LogP contribution in [0.2, 0.25) is 0 Å². The van der Waals surface area contributed by atoms with Gasteiger partial charge in [-0.05, 0) is 295 Å². The summed E-state index contributed by atoms with van der Waals surface area (Å²) in [5.74, 6) is 5.29. The number of nitrogens with zero attached hydrogens (tertiary/aromatic N) is 9. The van der Waals surface area contributed by atoms with Crippen LogP contribution in [0, 0.1) is 0 Å². The smallest absolute Gasteiger partial charge is 0.238 e. The third-order valence-electron chi connectivity index (χ3n) is 28.6. The maximum atomic E-state index is 5.42. The van der Waals surface area contributed by atoms with E-state index < -0.39 is 0 Å². The second-order valence-corrected chi connectivity index (χ2v) is 36.6. The predicted octanol–water partition coefficient (Wildman–Crippen LogP) is 34.0. The van der Waals surface area contributed by atoms with E-state index in [1.54, 1.807) is 14.2 Å². The summed E-state index contributed by atoms with van der Waals surface area (Å²) in [6.45, 7) is 0. The Morgan fingerprint density at radius 2 is 0.434 bits per heavy atom. The third-order valence-corrected chi connectivity index (χ3v) is 28.6. The maximum Gasteiger partial charge on any atom is 0.238 e. The van der Waals surface area contributed by atoms with Gasteiger partial charge in [0.25, 0.3) is 0 Å². The van der Waals surface area contributed by atoms with Crippen LogP contribution in [-0.4, -0.2) is 58.7 Å². The molecule has 0 saturated heterocycles. The number of pyridine rings is 2. The van der Waals surface area contributed by atoms with Gasteiger partial charge in [-0.2, -0.15) is 9.97 Å². The van der Waals surface area contributed by atoms with Crippen molar-refractivity contribution in [3.63, 3.8) is 0 Å². The quantitative estimate of drug-likeness (QED) is 0.116. The molecule has 11 nitrogen and oxygen atoms in total. The summed E-state index contributed by atoms with van der Waals surface area (Å²) in [5.41, 5.74) is 15.8. The largest absolute Gasteiger partial charge is 0.497 e. The summed E-state index contributed by atoms with van der Waals surface area (Å²) in [6.07, 6.45) is 3.72. The number of hydrogen-bond donors (Lipinski definition) is 0. The van der Waals surface area contributed by atoms with Crippen LogP contribution in [0.25, 0.3) is 280 Å². The molecular formula is C132H83N9O2. The van der Waals surface area contributed by atoms with Crippen molar-refractivity contribution >= 4 is 184 Å². The van der Waals surface area contributed by atoms with Crippen LogP contribution in [0.15, 0.2) is 467 Å². The van der Waals surface area contributed by atoms with Crippen molar-refractivity contribution in [2.24, 2.45) is 0 Å². The molecule has 0 aliphatic rings. The highest BCUT2D eigenvalue weighted by Crippen LogP contribution is 2.47. The highest BCUT2D eigenvalue weighted by atomic mass is 16.5. The molecule has 29 aromatic rings. The van der Waals surface area contributed by atoms with E-state index in [2.05, 4.69) is 421 Å². The summed E-state index contributed by atoms with van der Waals surface area (Å²) in [4.78, 5) is 40.3. The Bertz CT molecular complexity index is 9850. The molecule has 5 aromatic heterocycles. The summed E-state index contributed by atoms with van der Waals surface area (Å²) in [6, 6.07) is 162. The van der Waals surface area contributed by atoms with Gasteiger partial charge in [-0.3, -0.25) is 14.5 Å². The number of benzene rings is 24. The second kappa shape index (κ2) is 34.6. The Kier molecular flexibility index (Phi) is 20.1. The van der Waals surface area contributed by atoms with E-state index in [4.69, 9.17) is 39.4 Å². The molecule has 143 heavy (non-hydrogen) atoms. The standard InChI is InChI=1S/C51H30N4.C42H26N2.C39H27N3O2/c1-3-17-37-33(13-1)35-15-5-7-19-39(35)45-29-31(25-27-41(37)45)49-52-50(54-51(53-49)55-47-23-11-9-21-43(47)44-22-10-12-24-48(44)55)32-26-28-42-38-18-4-2-14-34(38)36-16-6-8-20-40(36)46(42)30-32;1-2-11-35-33(9-1)34-10-3-4-12-36(34)40-26-27(19-20-37(35)40)28-23-29(31-13-5-17-41-38(31)15-7-21-43-41)25-30(24-28)32-14-6-18-42-39(32)16-8-22-44-42;1-43-29-17-13-24(14-18-29)37-40-38(27-12-11-26-22-30(44-2)19-15-25(26)21-27)42-39(41-37)28-16-20-35-33-9-4-3-7-31(33)32-8-5-6-10-34(32)36(35)23-28/h1-30H;1-26H;3-23H,1-2H3. The zero-order valence-electron chi connectivity index (χ0n) is 77.8. The predicted molar refractivity (Wildman–Crippen MR) is 595 cm³/mol. The minimum Gasteiger partial charge on any atom is -0.497 e. The Morgan fingerprint density at radius 3 is 0.804 bits per heavy atom. The van der Waals surface area contributed by atoms with Gasteiger partial charge in [-0.25, -0.2) is 19.9 Å². The lowest BCUT2D eigenvalue weighted by Crippen LogP contribution is -2.06. The highest BCUT2D eigenvalue weighted by molar-refractivity contribution is 6.30. The minimum absolute atomic E-state index is 0.587. The van der Waals surface area contributed by atoms with E-state index in [1.807, 2.05) is 60.9 Å². The molecule has 0 spiro atoms. The topological polar surface area (TPSA) is 127 Å². The molecule has 29 rings (SSSR count). The number of rotatable bonds is 11. The van der Waals surface area contributed by atoms with Crippen molar-refractivity contribution in [2.45, 2.75) is 0 Å².